The maximum absolute atomic E-state index is 12.4. The van der Waals surface area contributed by atoms with Crippen molar-refractivity contribution in [2.24, 2.45) is 0 Å². The van der Waals surface area contributed by atoms with Crippen molar-refractivity contribution < 1.29 is 19.1 Å². The van der Waals surface area contributed by atoms with Gasteiger partial charge in [-0.05, 0) is 24.3 Å². The van der Waals surface area contributed by atoms with E-state index in [1.54, 1.807) is 25.3 Å². The van der Waals surface area contributed by atoms with Gasteiger partial charge in [-0.1, -0.05) is 24.3 Å². The Morgan fingerprint density at radius 1 is 0.966 bits per heavy atom. The number of benzene rings is 2. The number of methoxy groups -OCH3 is 2. The van der Waals surface area contributed by atoms with E-state index in [1.165, 1.54) is 25.6 Å². The van der Waals surface area contributed by atoms with Gasteiger partial charge in [0.1, 0.15) is 5.75 Å². The molecule has 0 atom stereocenters. The Hall–Kier alpha value is -3.94. The number of esters is 1. The molecule has 0 fully saturated rings. The van der Waals surface area contributed by atoms with Crippen LogP contribution in [0.15, 0.2) is 60.9 Å². The summed E-state index contributed by atoms with van der Waals surface area (Å²) in [6, 6.07) is 14.1. The van der Waals surface area contributed by atoms with Gasteiger partial charge >= 0.3 is 5.97 Å². The van der Waals surface area contributed by atoms with Gasteiger partial charge in [0.2, 0.25) is 5.95 Å². The summed E-state index contributed by atoms with van der Waals surface area (Å²) in [7, 11) is 2.91. The molecular formula is C21H20N4O4. The summed E-state index contributed by atoms with van der Waals surface area (Å²) in [6.45, 7) is 0.482. The summed E-state index contributed by atoms with van der Waals surface area (Å²) >= 11 is 0. The molecule has 29 heavy (non-hydrogen) atoms. The zero-order chi connectivity index (χ0) is 20.6. The predicted octanol–water partition coefficient (Wildman–Crippen LogP) is 3.14. The molecule has 2 aromatic carbocycles. The predicted molar refractivity (Wildman–Crippen MR) is 108 cm³/mol. The summed E-state index contributed by atoms with van der Waals surface area (Å²) < 4.78 is 9.99. The molecule has 0 radical (unpaired) electrons. The number of hydrogen-bond acceptors (Lipinski definition) is 7. The molecule has 0 aliphatic rings. The molecule has 0 saturated heterocycles. The highest BCUT2D eigenvalue weighted by Gasteiger charge is 2.11. The van der Waals surface area contributed by atoms with Gasteiger partial charge in [0.05, 0.1) is 25.3 Å². The van der Waals surface area contributed by atoms with Crippen molar-refractivity contribution in [1.29, 1.82) is 0 Å². The highest BCUT2D eigenvalue weighted by Crippen LogP contribution is 2.18. The third-order valence-electron chi connectivity index (χ3n) is 4.09. The fourth-order valence-corrected chi connectivity index (χ4v) is 2.60. The summed E-state index contributed by atoms with van der Waals surface area (Å²) in [6.07, 6.45) is 2.86. The van der Waals surface area contributed by atoms with Gasteiger partial charge in [-0.15, -0.1) is 0 Å². The largest absolute Gasteiger partial charge is 0.496 e. The summed E-state index contributed by atoms with van der Waals surface area (Å²) in [5, 5.41) is 5.80. The van der Waals surface area contributed by atoms with Crippen molar-refractivity contribution in [3.8, 4) is 5.75 Å². The van der Waals surface area contributed by atoms with E-state index in [-0.39, 0.29) is 11.5 Å². The van der Waals surface area contributed by atoms with Gasteiger partial charge < -0.3 is 20.1 Å². The maximum Gasteiger partial charge on any atom is 0.337 e. The average molecular weight is 392 g/mol. The van der Waals surface area contributed by atoms with Crippen molar-refractivity contribution >= 4 is 23.5 Å². The Labute approximate surface area is 167 Å². The lowest BCUT2D eigenvalue weighted by molar-refractivity contribution is 0.0600. The zero-order valence-corrected chi connectivity index (χ0v) is 16.0. The molecule has 3 rings (SSSR count). The van der Waals surface area contributed by atoms with Gasteiger partial charge in [-0.2, -0.15) is 0 Å². The van der Waals surface area contributed by atoms with Gasteiger partial charge in [0.15, 0.2) is 0 Å². The number of anilines is 2. The number of ether oxygens (including phenoxy) is 2. The van der Waals surface area contributed by atoms with Crippen LogP contribution in [0, 0.1) is 0 Å². The van der Waals surface area contributed by atoms with E-state index in [0.717, 1.165) is 11.3 Å². The smallest absolute Gasteiger partial charge is 0.337 e. The molecule has 0 aliphatic heterocycles. The fraction of sp³-hybridized carbons (Fsp3) is 0.143. The lowest BCUT2D eigenvalue weighted by Gasteiger charge is -2.10. The number of nitrogens with one attached hydrogen (secondary N) is 2. The molecule has 0 aliphatic carbocycles. The number of rotatable bonds is 7. The van der Waals surface area contributed by atoms with Crippen molar-refractivity contribution in [2.45, 2.75) is 6.54 Å². The number of para-hydroxylation sites is 1. The molecule has 0 spiro atoms. The SMILES string of the molecule is COC(=O)c1cccc(NC(=O)c2cnc(NCc3ccccc3OC)nc2)c1. The van der Waals surface area contributed by atoms with E-state index in [4.69, 9.17) is 4.74 Å². The van der Waals surface area contributed by atoms with E-state index in [2.05, 4.69) is 25.3 Å². The van der Waals surface area contributed by atoms with E-state index in [9.17, 15) is 9.59 Å². The van der Waals surface area contributed by atoms with Crippen molar-refractivity contribution in [3.63, 3.8) is 0 Å². The number of hydrogen-bond donors (Lipinski definition) is 2. The first-order chi connectivity index (χ1) is 14.1. The highest BCUT2D eigenvalue weighted by atomic mass is 16.5. The fourth-order valence-electron chi connectivity index (χ4n) is 2.60. The average Bonchev–Trinajstić information content (AvgIpc) is 2.77. The van der Waals surface area contributed by atoms with Gasteiger partial charge in [0.25, 0.3) is 5.91 Å². The molecule has 8 heteroatoms. The van der Waals surface area contributed by atoms with Crippen LogP contribution in [-0.4, -0.2) is 36.1 Å². The van der Waals surface area contributed by atoms with Crippen LogP contribution in [0.1, 0.15) is 26.3 Å². The number of carbonyl (C=O) groups is 2. The molecule has 148 valence electrons. The van der Waals surface area contributed by atoms with Crippen LogP contribution in [0.5, 0.6) is 5.75 Å². The Kier molecular flexibility index (Phi) is 6.36. The van der Waals surface area contributed by atoms with E-state index < -0.39 is 5.97 Å². The number of nitrogens with zero attached hydrogens (tertiary/aromatic N) is 2. The van der Waals surface area contributed by atoms with Crippen LogP contribution in [0.2, 0.25) is 0 Å². The molecule has 1 aromatic heterocycles. The normalized spacial score (nSPS) is 10.1. The summed E-state index contributed by atoms with van der Waals surface area (Å²) in [4.78, 5) is 32.3. The van der Waals surface area contributed by atoms with Crippen molar-refractivity contribution in [3.05, 3.63) is 77.6 Å². The first kappa shape index (κ1) is 19.8. The third kappa shape index (κ3) is 5.07. The minimum atomic E-state index is -0.477. The van der Waals surface area contributed by atoms with Gasteiger partial charge in [-0.25, -0.2) is 14.8 Å². The minimum absolute atomic E-state index is 0.288. The molecular weight excluding hydrogens is 372 g/mol. The first-order valence-corrected chi connectivity index (χ1v) is 8.78. The molecule has 1 amide bonds. The van der Waals surface area contributed by atoms with E-state index >= 15 is 0 Å². The van der Waals surface area contributed by atoms with Crippen LogP contribution in [0.4, 0.5) is 11.6 Å². The standard InChI is InChI=1S/C21H20N4O4/c1-28-18-9-4-3-6-15(18)11-22-21-23-12-16(13-24-21)19(26)25-17-8-5-7-14(10-17)20(27)29-2/h3-10,12-13H,11H2,1-2H3,(H,25,26)(H,22,23,24). The highest BCUT2D eigenvalue weighted by molar-refractivity contribution is 6.04. The zero-order valence-electron chi connectivity index (χ0n) is 16.0. The summed E-state index contributed by atoms with van der Waals surface area (Å²) in [5.41, 5.74) is 2.07. The first-order valence-electron chi connectivity index (χ1n) is 8.78. The lowest BCUT2D eigenvalue weighted by Crippen LogP contribution is -2.14. The second-order valence-corrected chi connectivity index (χ2v) is 5.99. The molecule has 3 aromatic rings. The van der Waals surface area contributed by atoms with Crippen molar-refractivity contribution in [2.75, 3.05) is 24.9 Å². The Balaban J connectivity index is 1.62. The quantitative estimate of drug-likeness (QED) is 0.596. The Morgan fingerprint density at radius 3 is 2.45 bits per heavy atom. The van der Waals surface area contributed by atoms with Gasteiger partial charge in [-0.3, -0.25) is 4.79 Å². The monoisotopic (exact) mass is 392 g/mol. The van der Waals surface area contributed by atoms with Crippen LogP contribution in [-0.2, 0) is 11.3 Å². The maximum atomic E-state index is 12.4. The topological polar surface area (TPSA) is 102 Å². The molecule has 0 bridgehead atoms. The van der Waals surface area contributed by atoms with Crippen LogP contribution < -0.4 is 15.4 Å². The van der Waals surface area contributed by atoms with Crippen LogP contribution in [0.25, 0.3) is 0 Å². The third-order valence-corrected chi connectivity index (χ3v) is 4.09. The molecule has 1 heterocycles. The van der Waals surface area contributed by atoms with Gasteiger partial charge in [0, 0.05) is 30.2 Å². The second-order valence-electron chi connectivity index (χ2n) is 5.99. The minimum Gasteiger partial charge on any atom is -0.496 e. The molecule has 0 saturated carbocycles. The molecule has 8 nitrogen and oxygen atoms in total. The molecule has 2 N–H and O–H groups in total. The van der Waals surface area contributed by atoms with Crippen LogP contribution in [0.3, 0.4) is 0 Å². The van der Waals surface area contributed by atoms with E-state index in [1.807, 2.05) is 24.3 Å². The number of aromatic nitrogens is 2. The summed E-state index contributed by atoms with van der Waals surface area (Å²) in [5.74, 6) is 0.295. The Morgan fingerprint density at radius 2 is 1.72 bits per heavy atom. The molecule has 0 unspecified atom stereocenters. The van der Waals surface area contributed by atoms with E-state index in [0.29, 0.717) is 23.7 Å². The van der Waals surface area contributed by atoms with Crippen LogP contribution >= 0.6 is 0 Å². The van der Waals surface area contributed by atoms with Crippen molar-refractivity contribution in [1.82, 2.24) is 9.97 Å². The lowest BCUT2D eigenvalue weighted by atomic mass is 10.2. The second kappa shape index (κ2) is 9.32. The number of carbonyl (C=O) groups excluding carboxylic acids is 2. The Bertz CT molecular complexity index is 1010. The number of amides is 1.